The van der Waals surface area contributed by atoms with Crippen molar-refractivity contribution in [1.29, 1.82) is 0 Å². The van der Waals surface area contributed by atoms with Gasteiger partial charge in [0.2, 0.25) is 6.43 Å². The number of halogens is 2. The molecule has 0 spiro atoms. The van der Waals surface area contributed by atoms with Gasteiger partial charge in [-0.2, -0.15) is 0 Å². The maximum Gasteiger partial charge on any atom is 0.306 e. The summed E-state index contributed by atoms with van der Waals surface area (Å²) in [6, 6.07) is 0. The Labute approximate surface area is 56.8 Å². The van der Waals surface area contributed by atoms with Gasteiger partial charge < -0.3 is 5.11 Å². The SMILES string of the molecule is O=C(O)C1CC(C(F)F)C1. The lowest BCUT2D eigenvalue weighted by Crippen LogP contribution is -2.34. The molecule has 0 unspecified atom stereocenters. The van der Waals surface area contributed by atoms with Crippen molar-refractivity contribution < 1.29 is 18.7 Å². The van der Waals surface area contributed by atoms with E-state index in [9.17, 15) is 13.6 Å². The van der Waals surface area contributed by atoms with Crippen LogP contribution < -0.4 is 0 Å². The summed E-state index contributed by atoms with van der Waals surface area (Å²) >= 11 is 0. The van der Waals surface area contributed by atoms with Crippen LogP contribution in [0.3, 0.4) is 0 Å². The molecule has 0 aliphatic heterocycles. The molecule has 1 fully saturated rings. The first-order valence-corrected chi connectivity index (χ1v) is 3.12. The molecule has 0 atom stereocenters. The molecule has 0 aromatic carbocycles. The third kappa shape index (κ3) is 1.25. The number of aliphatic carboxylic acids is 1. The van der Waals surface area contributed by atoms with Crippen LogP contribution in [0.25, 0.3) is 0 Å². The molecule has 0 aromatic heterocycles. The standard InChI is InChI=1S/C6H8F2O2/c7-5(8)3-1-4(2-3)6(9)10/h3-5H,1-2H2,(H,9,10). The molecule has 1 aliphatic carbocycles. The predicted molar refractivity (Wildman–Crippen MR) is 29.9 cm³/mol. The zero-order valence-electron chi connectivity index (χ0n) is 5.26. The number of rotatable bonds is 2. The molecular formula is C6H8F2O2. The molecule has 58 valence electrons. The zero-order valence-corrected chi connectivity index (χ0v) is 5.26. The lowest BCUT2D eigenvalue weighted by atomic mass is 9.75. The van der Waals surface area contributed by atoms with E-state index in [0.29, 0.717) is 0 Å². The van der Waals surface area contributed by atoms with Crippen molar-refractivity contribution in [2.75, 3.05) is 0 Å². The first-order valence-electron chi connectivity index (χ1n) is 3.12. The Morgan fingerprint density at radius 2 is 2.00 bits per heavy atom. The monoisotopic (exact) mass is 150 g/mol. The molecule has 0 saturated heterocycles. The molecule has 1 saturated carbocycles. The fraction of sp³-hybridized carbons (Fsp3) is 0.833. The van der Waals surface area contributed by atoms with Crippen LogP contribution in [0.4, 0.5) is 8.78 Å². The van der Waals surface area contributed by atoms with E-state index in [1.807, 2.05) is 0 Å². The first kappa shape index (κ1) is 7.44. The fourth-order valence-electron chi connectivity index (χ4n) is 1.07. The molecule has 1 rings (SSSR count). The van der Waals surface area contributed by atoms with Crippen molar-refractivity contribution in [3.05, 3.63) is 0 Å². The van der Waals surface area contributed by atoms with Crippen molar-refractivity contribution >= 4 is 5.97 Å². The second kappa shape index (κ2) is 2.52. The Bertz CT molecular complexity index is 141. The molecule has 0 aromatic rings. The minimum absolute atomic E-state index is 0.146. The molecule has 0 bridgehead atoms. The third-order valence-corrected chi connectivity index (χ3v) is 1.88. The summed E-state index contributed by atoms with van der Waals surface area (Å²) in [5.74, 6) is -2.13. The molecule has 4 heteroatoms. The minimum Gasteiger partial charge on any atom is -0.481 e. The van der Waals surface area contributed by atoms with Gasteiger partial charge in [0, 0.05) is 5.92 Å². The highest BCUT2D eigenvalue weighted by Gasteiger charge is 2.39. The van der Waals surface area contributed by atoms with Crippen LogP contribution in [0.5, 0.6) is 0 Å². The lowest BCUT2D eigenvalue weighted by Gasteiger charge is -2.31. The Morgan fingerprint density at radius 3 is 2.30 bits per heavy atom. The fourth-order valence-corrected chi connectivity index (χ4v) is 1.07. The zero-order chi connectivity index (χ0) is 7.72. The summed E-state index contributed by atoms with van der Waals surface area (Å²) in [7, 11) is 0. The number of alkyl halides is 2. The van der Waals surface area contributed by atoms with Crippen molar-refractivity contribution in [3.8, 4) is 0 Å². The summed E-state index contributed by atoms with van der Waals surface area (Å²) in [6.07, 6.45) is -2.05. The highest BCUT2D eigenvalue weighted by Crippen LogP contribution is 2.37. The number of hydrogen-bond donors (Lipinski definition) is 1. The van der Waals surface area contributed by atoms with E-state index in [0.717, 1.165) is 0 Å². The van der Waals surface area contributed by atoms with E-state index in [1.165, 1.54) is 0 Å². The molecule has 0 amide bonds. The van der Waals surface area contributed by atoms with E-state index in [1.54, 1.807) is 0 Å². The summed E-state index contributed by atoms with van der Waals surface area (Å²) in [4.78, 5) is 10.1. The molecule has 1 N–H and O–H groups in total. The molecular weight excluding hydrogens is 142 g/mol. The van der Waals surface area contributed by atoms with Gasteiger partial charge in [0.05, 0.1) is 5.92 Å². The summed E-state index contributed by atoms with van der Waals surface area (Å²) in [5, 5.41) is 8.29. The molecule has 1 aliphatic rings. The predicted octanol–water partition coefficient (Wildman–Crippen LogP) is 1.36. The molecule has 0 radical (unpaired) electrons. The number of carbonyl (C=O) groups is 1. The van der Waals surface area contributed by atoms with Crippen LogP contribution in [-0.4, -0.2) is 17.5 Å². The van der Waals surface area contributed by atoms with E-state index in [2.05, 4.69) is 0 Å². The Balaban J connectivity index is 2.24. The minimum atomic E-state index is -2.34. The summed E-state index contributed by atoms with van der Waals surface area (Å²) in [6.45, 7) is 0. The second-order valence-electron chi connectivity index (χ2n) is 2.60. The van der Waals surface area contributed by atoms with Gasteiger partial charge in [-0.15, -0.1) is 0 Å². The van der Waals surface area contributed by atoms with Crippen LogP contribution in [0, 0.1) is 11.8 Å². The van der Waals surface area contributed by atoms with E-state index in [-0.39, 0.29) is 12.8 Å². The van der Waals surface area contributed by atoms with Gasteiger partial charge in [0.25, 0.3) is 0 Å². The van der Waals surface area contributed by atoms with E-state index < -0.39 is 24.2 Å². The maximum absolute atomic E-state index is 11.7. The quantitative estimate of drug-likeness (QED) is 0.645. The lowest BCUT2D eigenvalue weighted by molar-refractivity contribution is -0.148. The summed E-state index contributed by atoms with van der Waals surface area (Å²) in [5.41, 5.74) is 0. The van der Waals surface area contributed by atoms with E-state index >= 15 is 0 Å². The van der Waals surface area contributed by atoms with Crippen LogP contribution >= 0.6 is 0 Å². The Morgan fingerprint density at radius 1 is 1.50 bits per heavy atom. The Hall–Kier alpha value is -0.670. The van der Waals surface area contributed by atoms with Crippen molar-refractivity contribution in [2.24, 2.45) is 11.8 Å². The van der Waals surface area contributed by atoms with E-state index in [4.69, 9.17) is 5.11 Å². The van der Waals surface area contributed by atoms with Gasteiger partial charge in [-0.25, -0.2) is 8.78 Å². The average molecular weight is 150 g/mol. The highest BCUT2D eigenvalue weighted by atomic mass is 19.3. The number of carboxylic acid groups (broad SMARTS) is 1. The van der Waals surface area contributed by atoms with Crippen molar-refractivity contribution in [2.45, 2.75) is 19.3 Å². The second-order valence-corrected chi connectivity index (χ2v) is 2.60. The van der Waals surface area contributed by atoms with Gasteiger partial charge >= 0.3 is 5.97 Å². The topological polar surface area (TPSA) is 37.3 Å². The van der Waals surface area contributed by atoms with Crippen LogP contribution in [-0.2, 0) is 4.79 Å². The molecule has 2 nitrogen and oxygen atoms in total. The first-order chi connectivity index (χ1) is 4.61. The molecule has 0 heterocycles. The Kier molecular flexibility index (Phi) is 1.87. The normalized spacial score (nSPS) is 31.9. The molecule has 10 heavy (non-hydrogen) atoms. The van der Waals surface area contributed by atoms with Crippen molar-refractivity contribution in [3.63, 3.8) is 0 Å². The highest BCUT2D eigenvalue weighted by molar-refractivity contribution is 5.71. The number of carboxylic acids is 1. The van der Waals surface area contributed by atoms with Gasteiger partial charge in [0.15, 0.2) is 0 Å². The van der Waals surface area contributed by atoms with Gasteiger partial charge in [-0.3, -0.25) is 4.79 Å². The van der Waals surface area contributed by atoms with Crippen molar-refractivity contribution in [1.82, 2.24) is 0 Å². The van der Waals surface area contributed by atoms with Crippen LogP contribution in [0.2, 0.25) is 0 Å². The van der Waals surface area contributed by atoms with Crippen LogP contribution in [0.1, 0.15) is 12.8 Å². The van der Waals surface area contributed by atoms with Gasteiger partial charge in [-0.05, 0) is 12.8 Å². The van der Waals surface area contributed by atoms with Gasteiger partial charge in [-0.1, -0.05) is 0 Å². The average Bonchev–Trinajstić information content (AvgIpc) is 1.56. The smallest absolute Gasteiger partial charge is 0.306 e. The van der Waals surface area contributed by atoms with Crippen LogP contribution in [0.15, 0.2) is 0 Å². The third-order valence-electron chi connectivity index (χ3n) is 1.88. The number of hydrogen-bond acceptors (Lipinski definition) is 1. The van der Waals surface area contributed by atoms with Gasteiger partial charge in [0.1, 0.15) is 0 Å². The largest absolute Gasteiger partial charge is 0.481 e. The summed E-state index contributed by atoms with van der Waals surface area (Å²) < 4.78 is 23.4. The maximum atomic E-state index is 11.7.